The van der Waals surface area contributed by atoms with E-state index in [1.807, 2.05) is 25.9 Å². The van der Waals surface area contributed by atoms with Gasteiger partial charge in [0, 0.05) is 19.1 Å². The number of allylic oxidation sites excluding steroid dienone is 1. The Morgan fingerprint density at radius 1 is 1.50 bits per heavy atom. The van der Waals surface area contributed by atoms with Crippen LogP contribution in [-0.2, 0) is 4.79 Å². The lowest BCUT2D eigenvalue weighted by Crippen LogP contribution is -2.58. The molecule has 0 spiro atoms. The molecule has 0 N–H and O–H groups in total. The van der Waals surface area contributed by atoms with E-state index in [0.29, 0.717) is 6.04 Å². The second kappa shape index (κ2) is 3.72. The zero-order chi connectivity index (χ0) is 9.14. The van der Waals surface area contributed by atoms with Gasteiger partial charge in [0.1, 0.15) is 0 Å². The Kier molecular flexibility index (Phi) is 2.87. The standard InChI is InChI=1S/C9H16N2O/c1-4-5-9(12)11-6-8(7-11)10(2)3/h4-5,8H,6-7H2,1-3H3/b5-4+. The van der Waals surface area contributed by atoms with Crippen molar-refractivity contribution in [2.45, 2.75) is 13.0 Å². The topological polar surface area (TPSA) is 23.6 Å². The Bertz CT molecular complexity index is 193. The van der Waals surface area contributed by atoms with Gasteiger partial charge in [-0.3, -0.25) is 4.79 Å². The van der Waals surface area contributed by atoms with Gasteiger partial charge >= 0.3 is 0 Å². The van der Waals surface area contributed by atoms with Crippen LogP contribution in [0.5, 0.6) is 0 Å². The molecular formula is C9H16N2O. The van der Waals surface area contributed by atoms with Gasteiger partial charge in [-0.05, 0) is 27.1 Å². The second-order valence-electron chi connectivity index (χ2n) is 3.36. The molecule has 1 amide bonds. The lowest BCUT2D eigenvalue weighted by Gasteiger charge is -2.42. The molecule has 1 heterocycles. The molecule has 0 aliphatic carbocycles. The van der Waals surface area contributed by atoms with Crippen molar-refractivity contribution in [1.29, 1.82) is 0 Å². The van der Waals surface area contributed by atoms with Crippen LogP contribution in [0.1, 0.15) is 6.92 Å². The highest BCUT2D eigenvalue weighted by atomic mass is 16.2. The van der Waals surface area contributed by atoms with Crippen LogP contribution in [-0.4, -0.2) is 48.9 Å². The highest BCUT2D eigenvalue weighted by molar-refractivity contribution is 5.88. The Morgan fingerprint density at radius 2 is 2.08 bits per heavy atom. The molecule has 1 aliphatic heterocycles. The van der Waals surface area contributed by atoms with Crippen molar-refractivity contribution >= 4 is 5.91 Å². The first-order valence-electron chi connectivity index (χ1n) is 4.23. The Labute approximate surface area is 73.6 Å². The van der Waals surface area contributed by atoms with E-state index in [2.05, 4.69) is 4.90 Å². The van der Waals surface area contributed by atoms with Gasteiger partial charge in [0.2, 0.25) is 5.91 Å². The van der Waals surface area contributed by atoms with Crippen LogP contribution in [0.4, 0.5) is 0 Å². The van der Waals surface area contributed by atoms with Gasteiger partial charge in [-0.15, -0.1) is 0 Å². The average Bonchev–Trinajstić information content (AvgIpc) is 1.82. The number of likely N-dealkylation sites (tertiary alicyclic amines) is 1. The molecule has 1 aliphatic rings. The van der Waals surface area contributed by atoms with Crippen LogP contribution in [0.2, 0.25) is 0 Å². The van der Waals surface area contributed by atoms with E-state index in [4.69, 9.17) is 0 Å². The van der Waals surface area contributed by atoms with E-state index in [9.17, 15) is 4.79 Å². The van der Waals surface area contributed by atoms with E-state index in [1.54, 1.807) is 12.2 Å². The van der Waals surface area contributed by atoms with Crippen molar-refractivity contribution in [3.05, 3.63) is 12.2 Å². The number of hydrogen-bond acceptors (Lipinski definition) is 2. The maximum atomic E-state index is 11.2. The minimum Gasteiger partial charge on any atom is -0.336 e. The number of amides is 1. The first-order chi connectivity index (χ1) is 5.65. The molecule has 0 saturated carbocycles. The summed E-state index contributed by atoms with van der Waals surface area (Å²) in [5, 5.41) is 0. The van der Waals surface area contributed by atoms with Crippen LogP contribution in [0.15, 0.2) is 12.2 Å². The lowest BCUT2D eigenvalue weighted by molar-refractivity contribution is -0.132. The van der Waals surface area contributed by atoms with Gasteiger partial charge in [0.25, 0.3) is 0 Å². The van der Waals surface area contributed by atoms with Crippen molar-refractivity contribution in [3.8, 4) is 0 Å². The largest absolute Gasteiger partial charge is 0.336 e. The SMILES string of the molecule is C/C=C/C(=O)N1CC(N(C)C)C1. The minimum absolute atomic E-state index is 0.135. The maximum absolute atomic E-state index is 11.2. The molecule has 0 bridgehead atoms. The molecule has 0 aromatic rings. The van der Waals surface area contributed by atoms with E-state index < -0.39 is 0 Å². The summed E-state index contributed by atoms with van der Waals surface area (Å²) in [6.45, 7) is 3.60. The fraction of sp³-hybridized carbons (Fsp3) is 0.667. The number of nitrogens with zero attached hydrogens (tertiary/aromatic N) is 2. The third kappa shape index (κ3) is 1.85. The van der Waals surface area contributed by atoms with Crippen LogP contribution in [0, 0.1) is 0 Å². The van der Waals surface area contributed by atoms with Crippen molar-refractivity contribution in [2.24, 2.45) is 0 Å². The molecule has 68 valence electrons. The van der Waals surface area contributed by atoms with Crippen molar-refractivity contribution in [1.82, 2.24) is 9.80 Å². The predicted octanol–water partition coefficient (Wildman–Crippen LogP) is 0.335. The van der Waals surface area contributed by atoms with Crippen molar-refractivity contribution in [3.63, 3.8) is 0 Å². The molecule has 0 radical (unpaired) electrons. The summed E-state index contributed by atoms with van der Waals surface area (Å²) in [6, 6.07) is 0.555. The minimum atomic E-state index is 0.135. The Morgan fingerprint density at radius 3 is 2.50 bits per heavy atom. The second-order valence-corrected chi connectivity index (χ2v) is 3.36. The fourth-order valence-electron chi connectivity index (χ4n) is 1.21. The quantitative estimate of drug-likeness (QED) is 0.555. The van der Waals surface area contributed by atoms with Gasteiger partial charge in [0.05, 0.1) is 0 Å². The molecule has 0 aromatic heterocycles. The summed E-state index contributed by atoms with van der Waals surface area (Å²) in [7, 11) is 4.09. The van der Waals surface area contributed by atoms with Gasteiger partial charge in [-0.1, -0.05) is 6.08 Å². The lowest BCUT2D eigenvalue weighted by atomic mass is 10.1. The smallest absolute Gasteiger partial charge is 0.246 e. The Balaban J connectivity index is 2.29. The molecule has 1 rings (SSSR count). The summed E-state index contributed by atoms with van der Waals surface area (Å²) in [6.07, 6.45) is 3.40. The summed E-state index contributed by atoms with van der Waals surface area (Å²) in [4.78, 5) is 15.2. The first kappa shape index (κ1) is 9.26. The molecular weight excluding hydrogens is 152 g/mol. The molecule has 1 saturated heterocycles. The normalized spacial score (nSPS) is 18.8. The van der Waals surface area contributed by atoms with Gasteiger partial charge in [0.15, 0.2) is 0 Å². The highest BCUT2D eigenvalue weighted by Gasteiger charge is 2.30. The maximum Gasteiger partial charge on any atom is 0.246 e. The average molecular weight is 168 g/mol. The van der Waals surface area contributed by atoms with Crippen molar-refractivity contribution in [2.75, 3.05) is 27.2 Å². The van der Waals surface area contributed by atoms with Gasteiger partial charge < -0.3 is 9.80 Å². The molecule has 3 nitrogen and oxygen atoms in total. The zero-order valence-electron chi connectivity index (χ0n) is 7.95. The molecule has 1 fully saturated rings. The van der Waals surface area contributed by atoms with Crippen LogP contribution < -0.4 is 0 Å². The molecule has 0 atom stereocenters. The number of hydrogen-bond donors (Lipinski definition) is 0. The number of carbonyl (C=O) groups excluding carboxylic acids is 1. The third-order valence-electron chi connectivity index (χ3n) is 2.21. The molecule has 0 aromatic carbocycles. The summed E-state index contributed by atoms with van der Waals surface area (Å²) in [5.41, 5.74) is 0. The zero-order valence-corrected chi connectivity index (χ0v) is 7.95. The van der Waals surface area contributed by atoms with E-state index in [-0.39, 0.29) is 5.91 Å². The van der Waals surface area contributed by atoms with Gasteiger partial charge in [-0.25, -0.2) is 0 Å². The third-order valence-corrected chi connectivity index (χ3v) is 2.21. The van der Waals surface area contributed by atoms with E-state index >= 15 is 0 Å². The van der Waals surface area contributed by atoms with Crippen molar-refractivity contribution < 1.29 is 4.79 Å². The monoisotopic (exact) mass is 168 g/mol. The van der Waals surface area contributed by atoms with Gasteiger partial charge in [-0.2, -0.15) is 0 Å². The summed E-state index contributed by atoms with van der Waals surface area (Å²) >= 11 is 0. The summed E-state index contributed by atoms with van der Waals surface area (Å²) < 4.78 is 0. The highest BCUT2D eigenvalue weighted by Crippen LogP contribution is 2.12. The predicted molar refractivity (Wildman–Crippen MR) is 48.9 cm³/mol. The number of likely N-dealkylation sites (N-methyl/N-ethyl adjacent to an activating group) is 1. The van der Waals surface area contributed by atoms with Crippen LogP contribution in [0.25, 0.3) is 0 Å². The van der Waals surface area contributed by atoms with Crippen LogP contribution in [0.3, 0.4) is 0 Å². The fourth-order valence-corrected chi connectivity index (χ4v) is 1.21. The molecule has 0 unspecified atom stereocenters. The van der Waals surface area contributed by atoms with E-state index in [0.717, 1.165) is 13.1 Å². The first-order valence-corrected chi connectivity index (χ1v) is 4.23. The van der Waals surface area contributed by atoms with E-state index in [1.165, 1.54) is 0 Å². The molecule has 3 heteroatoms. The number of carbonyl (C=O) groups is 1. The Hall–Kier alpha value is -0.830. The molecule has 12 heavy (non-hydrogen) atoms. The van der Waals surface area contributed by atoms with Crippen LogP contribution >= 0.6 is 0 Å². The summed E-state index contributed by atoms with van der Waals surface area (Å²) in [5.74, 6) is 0.135. The number of rotatable bonds is 2.